The number of aryl methyl sites for hydroxylation is 1. The third kappa shape index (κ3) is 3.31. The third-order valence-electron chi connectivity index (χ3n) is 6.37. The Kier molecular flexibility index (Phi) is 4.80. The van der Waals surface area contributed by atoms with E-state index < -0.39 is 0 Å². The first kappa shape index (κ1) is 18.1. The first-order valence-corrected chi connectivity index (χ1v) is 10.8. The van der Waals surface area contributed by atoms with Gasteiger partial charge in [0.25, 0.3) is 11.6 Å². The largest absolute Gasteiger partial charge is 0.337 e. The van der Waals surface area contributed by atoms with Crippen LogP contribution in [0.15, 0.2) is 10.6 Å². The zero-order chi connectivity index (χ0) is 19.1. The van der Waals surface area contributed by atoms with Crippen molar-refractivity contribution in [2.24, 2.45) is 0 Å². The van der Waals surface area contributed by atoms with E-state index in [1.807, 2.05) is 11.0 Å². The van der Waals surface area contributed by atoms with Crippen LogP contribution in [0, 0.1) is 0 Å². The highest BCUT2D eigenvalue weighted by atomic mass is 16.5. The van der Waals surface area contributed by atoms with Crippen molar-refractivity contribution in [2.45, 2.75) is 51.0 Å². The Morgan fingerprint density at radius 3 is 2.82 bits per heavy atom. The van der Waals surface area contributed by atoms with Gasteiger partial charge in [-0.2, -0.15) is 0 Å². The molecule has 150 valence electrons. The van der Waals surface area contributed by atoms with Gasteiger partial charge in [0.15, 0.2) is 0 Å². The average Bonchev–Trinajstić information content (AvgIpc) is 3.33. The second-order valence-electron chi connectivity index (χ2n) is 8.41. The molecule has 2 saturated heterocycles. The van der Waals surface area contributed by atoms with Crippen LogP contribution in [-0.2, 0) is 6.42 Å². The van der Waals surface area contributed by atoms with Gasteiger partial charge in [-0.25, -0.2) is 4.98 Å². The third-order valence-corrected chi connectivity index (χ3v) is 6.37. The molecule has 1 atom stereocenters. The molecule has 2 aromatic heterocycles. The van der Waals surface area contributed by atoms with Crippen LogP contribution in [0.25, 0.3) is 11.1 Å². The summed E-state index contributed by atoms with van der Waals surface area (Å²) in [6, 6.07) is 2.50. The van der Waals surface area contributed by atoms with E-state index in [1.165, 1.54) is 0 Å². The molecular weight excluding hydrogens is 354 g/mol. The predicted octanol–water partition coefficient (Wildman–Crippen LogP) is 2.17. The SMILES string of the molecule is CCCc1noc2nc(C3CC3)cc(C(=O)N3CCC(N4CCNCC4)C3)c12. The highest BCUT2D eigenvalue weighted by molar-refractivity contribution is 6.06. The second kappa shape index (κ2) is 7.44. The molecule has 0 spiro atoms. The number of carbonyl (C=O) groups is 1. The molecule has 7 nitrogen and oxygen atoms in total. The maximum atomic E-state index is 13.5. The van der Waals surface area contributed by atoms with E-state index in [-0.39, 0.29) is 5.91 Å². The zero-order valence-corrected chi connectivity index (χ0v) is 16.6. The summed E-state index contributed by atoms with van der Waals surface area (Å²) in [4.78, 5) is 22.8. The van der Waals surface area contributed by atoms with Crippen LogP contribution in [-0.4, -0.2) is 71.2 Å². The molecular formula is C21H29N5O2. The summed E-state index contributed by atoms with van der Waals surface area (Å²) in [6.07, 6.45) is 5.13. The quantitative estimate of drug-likeness (QED) is 0.853. The van der Waals surface area contributed by atoms with E-state index in [0.29, 0.717) is 17.7 Å². The second-order valence-corrected chi connectivity index (χ2v) is 8.41. The molecule has 0 radical (unpaired) electrons. The first-order valence-electron chi connectivity index (χ1n) is 10.8. The Labute approximate surface area is 165 Å². The molecule has 0 bridgehead atoms. The van der Waals surface area contributed by atoms with Gasteiger partial charge in [-0.05, 0) is 31.7 Å². The van der Waals surface area contributed by atoms with Crippen molar-refractivity contribution in [3.63, 3.8) is 0 Å². The van der Waals surface area contributed by atoms with E-state index in [2.05, 4.69) is 27.3 Å². The summed E-state index contributed by atoms with van der Waals surface area (Å²) < 4.78 is 5.54. The predicted molar refractivity (Wildman–Crippen MR) is 107 cm³/mol. The Balaban J connectivity index is 1.44. The molecule has 2 aromatic rings. The van der Waals surface area contributed by atoms with Crippen LogP contribution in [0.2, 0.25) is 0 Å². The number of hydrogen-bond donors (Lipinski definition) is 1. The summed E-state index contributed by atoms with van der Waals surface area (Å²) in [7, 11) is 0. The average molecular weight is 383 g/mol. The maximum Gasteiger partial charge on any atom is 0.259 e. The van der Waals surface area contributed by atoms with E-state index in [1.54, 1.807) is 0 Å². The minimum Gasteiger partial charge on any atom is -0.337 e. The number of carbonyl (C=O) groups excluding carboxylic acids is 1. The van der Waals surface area contributed by atoms with Crippen LogP contribution in [0.1, 0.15) is 60.3 Å². The van der Waals surface area contributed by atoms with Gasteiger partial charge in [0.2, 0.25) is 0 Å². The number of pyridine rings is 1. The van der Waals surface area contributed by atoms with Crippen molar-refractivity contribution in [3.05, 3.63) is 23.0 Å². The van der Waals surface area contributed by atoms with Crippen LogP contribution < -0.4 is 5.32 Å². The van der Waals surface area contributed by atoms with Crippen molar-refractivity contribution >= 4 is 17.0 Å². The maximum absolute atomic E-state index is 13.5. The van der Waals surface area contributed by atoms with Gasteiger partial charge < -0.3 is 14.7 Å². The summed E-state index contributed by atoms with van der Waals surface area (Å²) in [5.41, 5.74) is 3.15. The molecule has 3 aliphatic rings. The molecule has 28 heavy (non-hydrogen) atoms. The molecule has 2 aliphatic heterocycles. The summed E-state index contributed by atoms with van der Waals surface area (Å²) >= 11 is 0. The van der Waals surface area contributed by atoms with Gasteiger partial charge in [0.05, 0.1) is 16.6 Å². The molecule has 0 aromatic carbocycles. The molecule has 5 rings (SSSR count). The van der Waals surface area contributed by atoms with Crippen LogP contribution in [0.3, 0.4) is 0 Å². The van der Waals surface area contributed by atoms with Gasteiger partial charge >= 0.3 is 0 Å². The molecule has 1 saturated carbocycles. The van der Waals surface area contributed by atoms with Gasteiger partial charge in [-0.1, -0.05) is 18.5 Å². The molecule has 1 unspecified atom stereocenters. The van der Waals surface area contributed by atoms with Gasteiger partial charge in [0.1, 0.15) is 0 Å². The van der Waals surface area contributed by atoms with E-state index in [0.717, 1.165) is 93.7 Å². The fraction of sp³-hybridized carbons (Fsp3) is 0.667. The standard InChI is InChI=1S/C21H29N5O2/c1-2-3-17-19-16(12-18(14-4-5-14)23-20(19)28-24-17)21(27)26-9-6-15(13-26)25-10-7-22-8-11-25/h12,14-15,22H,2-11,13H2,1H3. The van der Waals surface area contributed by atoms with Gasteiger partial charge in [-0.15, -0.1) is 0 Å². The number of piperazine rings is 1. The Morgan fingerprint density at radius 1 is 1.25 bits per heavy atom. The number of aromatic nitrogens is 2. The minimum atomic E-state index is 0.118. The summed E-state index contributed by atoms with van der Waals surface area (Å²) in [5.74, 6) is 0.593. The van der Waals surface area contributed by atoms with E-state index >= 15 is 0 Å². The molecule has 4 heterocycles. The first-order chi connectivity index (χ1) is 13.7. The number of likely N-dealkylation sites (tertiary alicyclic amines) is 1. The molecule has 1 aliphatic carbocycles. The van der Waals surface area contributed by atoms with Crippen LogP contribution in [0.4, 0.5) is 0 Å². The minimum absolute atomic E-state index is 0.118. The fourth-order valence-electron chi connectivity index (χ4n) is 4.64. The van der Waals surface area contributed by atoms with Crippen molar-refractivity contribution in [1.82, 2.24) is 25.3 Å². The normalized spacial score (nSPS) is 23.6. The van der Waals surface area contributed by atoms with Gasteiger partial charge in [-0.3, -0.25) is 9.69 Å². The smallest absolute Gasteiger partial charge is 0.259 e. The molecule has 3 fully saturated rings. The molecule has 1 amide bonds. The lowest BCUT2D eigenvalue weighted by Gasteiger charge is -2.32. The highest BCUT2D eigenvalue weighted by Gasteiger charge is 2.34. The lowest BCUT2D eigenvalue weighted by molar-refractivity contribution is 0.0775. The Morgan fingerprint density at radius 2 is 2.07 bits per heavy atom. The zero-order valence-electron chi connectivity index (χ0n) is 16.6. The van der Waals surface area contributed by atoms with Crippen molar-refractivity contribution in [3.8, 4) is 0 Å². The highest BCUT2D eigenvalue weighted by Crippen LogP contribution is 2.41. The Hall–Kier alpha value is -1.99. The van der Waals surface area contributed by atoms with Crippen molar-refractivity contribution in [1.29, 1.82) is 0 Å². The lowest BCUT2D eigenvalue weighted by atomic mass is 10.0. The topological polar surface area (TPSA) is 74.5 Å². The number of hydrogen-bond acceptors (Lipinski definition) is 6. The van der Waals surface area contributed by atoms with E-state index in [4.69, 9.17) is 4.52 Å². The number of rotatable bonds is 5. The number of nitrogens with one attached hydrogen (secondary N) is 1. The van der Waals surface area contributed by atoms with Crippen LogP contribution in [0.5, 0.6) is 0 Å². The monoisotopic (exact) mass is 383 g/mol. The van der Waals surface area contributed by atoms with Gasteiger partial charge in [0, 0.05) is 56.9 Å². The molecule has 1 N–H and O–H groups in total. The summed E-state index contributed by atoms with van der Waals surface area (Å²) in [6.45, 7) is 7.99. The Bertz CT molecular complexity index is 869. The summed E-state index contributed by atoms with van der Waals surface area (Å²) in [5, 5.41) is 8.49. The fourth-order valence-corrected chi connectivity index (χ4v) is 4.64. The lowest BCUT2D eigenvalue weighted by Crippen LogP contribution is -2.49. The van der Waals surface area contributed by atoms with Crippen LogP contribution >= 0.6 is 0 Å². The number of nitrogens with zero attached hydrogens (tertiary/aromatic N) is 4. The van der Waals surface area contributed by atoms with Crippen molar-refractivity contribution < 1.29 is 9.32 Å². The molecule has 7 heteroatoms. The van der Waals surface area contributed by atoms with Crippen molar-refractivity contribution in [2.75, 3.05) is 39.3 Å². The number of amides is 1. The van der Waals surface area contributed by atoms with E-state index in [9.17, 15) is 4.79 Å². The number of fused-ring (bicyclic) bond motifs is 1.